The van der Waals surface area contributed by atoms with Gasteiger partial charge in [0.15, 0.2) is 0 Å². The fourth-order valence-corrected chi connectivity index (χ4v) is 2.65. The van der Waals surface area contributed by atoms with Gasteiger partial charge in [-0.2, -0.15) is 0 Å². The van der Waals surface area contributed by atoms with Crippen molar-refractivity contribution in [2.24, 2.45) is 0 Å². The number of amides is 1. The first-order valence-electron chi connectivity index (χ1n) is 6.45. The summed E-state index contributed by atoms with van der Waals surface area (Å²) in [7, 11) is 1.92. The van der Waals surface area contributed by atoms with Crippen molar-refractivity contribution < 1.29 is 9.18 Å². The first-order valence-corrected chi connectivity index (χ1v) is 6.83. The molecule has 3 nitrogen and oxygen atoms in total. The normalized spacial score (nSPS) is 16.7. The average Bonchev–Trinajstić information content (AvgIpc) is 2.42. The zero-order chi connectivity index (χ0) is 14.0. The molecule has 0 aliphatic carbocycles. The molecule has 5 heteroatoms. The molecule has 1 N–H and O–H groups in total. The summed E-state index contributed by atoms with van der Waals surface area (Å²) >= 11 is 6.05. The van der Waals surface area contributed by atoms with Crippen LogP contribution in [-0.4, -0.2) is 37.0 Å². The third kappa shape index (κ3) is 3.07. The van der Waals surface area contributed by atoms with E-state index in [1.54, 1.807) is 11.8 Å². The highest BCUT2D eigenvalue weighted by atomic mass is 35.5. The van der Waals surface area contributed by atoms with Gasteiger partial charge in [-0.3, -0.25) is 4.79 Å². The first kappa shape index (κ1) is 14.3. The number of hydrogen-bond donors (Lipinski definition) is 1. The SMILES string of the molecule is CNC1CCN(C(=O)c2cc(F)c(C)cc2Cl)CC1. The Balaban J connectivity index is 2.14. The first-order chi connectivity index (χ1) is 9.02. The van der Waals surface area contributed by atoms with Gasteiger partial charge >= 0.3 is 0 Å². The highest BCUT2D eigenvalue weighted by Crippen LogP contribution is 2.23. The number of halogens is 2. The standard InChI is InChI=1S/C14H18ClFN2O/c1-9-7-12(15)11(8-13(9)16)14(19)18-5-3-10(17-2)4-6-18/h7-8,10,17H,3-6H2,1-2H3. The number of carbonyl (C=O) groups excluding carboxylic acids is 1. The Morgan fingerprint density at radius 3 is 2.63 bits per heavy atom. The maximum Gasteiger partial charge on any atom is 0.255 e. The Kier molecular flexibility index (Phi) is 4.42. The largest absolute Gasteiger partial charge is 0.338 e. The molecule has 19 heavy (non-hydrogen) atoms. The Hall–Kier alpha value is -1.13. The van der Waals surface area contributed by atoms with Crippen LogP contribution < -0.4 is 5.32 Å². The second kappa shape index (κ2) is 5.88. The van der Waals surface area contributed by atoms with E-state index in [9.17, 15) is 9.18 Å². The predicted octanol–water partition coefficient (Wildman–Crippen LogP) is 2.61. The quantitative estimate of drug-likeness (QED) is 0.905. The van der Waals surface area contributed by atoms with E-state index in [0.29, 0.717) is 29.7 Å². The van der Waals surface area contributed by atoms with Crippen molar-refractivity contribution in [3.05, 3.63) is 34.1 Å². The third-order valence-corrected chi connectivity index (χ3v) is 3.98. The lowest BCUT2D eigenvalue weighted by molar-refractivity contribution is 0.0707. The zero-order valence-electron chi connectivity index (χ0n) is 11.2. The fourth-order valence-electron chi connectivity index (χ4n) is 2.35. The number of hydrogen-bond acceptors (Lipinski definition) is 2. The molecule has 1 heterocycles. The second-order valence-corrected chi connectivity index (χ2v) is 5.34. The minimum absolute atomic E-state index is 0.182. The smallest absolute Gasteiger partial charge is 0.255 e. The summed E-state index contributed by atoms with van der Waals surface area (Å²) in [4.78, 5) is 14.1. The second-order valence-electron chi connectivity index (χ2n) is 4.94. The molecule has 0 bridgehead atoms. The van der Waals surface area contributed by atoms with Crippen LogP contribution in [0.5, 0.6) is 0 Å². The van der Waals surface area contributed by atoms with E-state index in [1.807, 2.05) is 7.05 Å². The Bertz CT molecular complexity index is 485. The summed E-state index contributed by atoms with van der Waals surface area (Å²) < 4.78 is 13.6. The predicted molar refractivity (Wildman–Crippen MR) is 74.1 cm³/mol. The third-order valence-electron chi connectivity index (χ3n) is 3.67. The molecule has 1 aromatic carbocycles. The van der Waals surface area contributed by atoms with Crippen molar-refractivity contribution in [2.45, 2.75) is 25.8 Å². The molecule has 1 fully saturated rings. The minimum Gasteiger partial charge on any atom is -0.338 e. The van der Waals surface area contributed by atoms with Gasteiger partial charge in [0.1, 0.15) is 5.82 Å². The highest BCUT2D eigenvalue weighted by molar-refractivity contribution is 6.33. The minimum atomic E-state index is -0.391. The van der Waals surface area contributed by atoms with Gasteiger partial charge in [-0.15, -0.1) is 0 Å². The van der Waals surface area contributed by atoms with Crippen molar-refractivity contribution in [2.75, 3.05) is 20.1 Å². The van der Waals surface area contributed by atoms with E-state index in [-0.39, 0.29) is 11.5 Å². The maximum absolute atomic E-state index is 13.6. The number of aryl methyl sites for hydroxylation is 1. The Morgan fingerprint density at radius 1 is 1.42 bits per heavy atom. The maximum atomic E-state index is 13.6. The van der Waals surface area contributed by atoms with Crippen LogP contribution in [0, 0.1) is 12.7 Å². The highest BCUT2D eigenvalue weighted by Gasteiger charge is 2.24. The number of carbonyl (C=O) groups is 1. The van der Waals surface area contributed by atoms with Crippen LogP contribution in [0.2, 0.25) is 5.02 Å². The van der Waals surface area contributed by atoms with Gasteiger partial charge in [-0.25, -0.2) is 4.39 Å². The van der Waals surface area contributed by atoms with Gasteiger partial charge in [-0.1, -0.05) is 11.6 Å². The monoisotopic (exact) mass is 284 g/mol. The van der Waals surface area contributed by atoms with Gasteiger partial charge in [0.25, 0.3) is 5.91 Å². The summed E-state index contributed by atoms with van der Waals surface area (Å²) in [5.41, 5.74) is 0.711. The van der Waals surface area contributed by atoms with E-state index in [4.69, 9.17) is 11.6 Å². The van der Waals surface area contributed by atoms with Gasteiger partial charge < -0.3 is 10.2 Å². The van der Waals surface area contributed by atoms with Crippen LogP contribution in [0.1, 0.15) is 28.8 Å². The van der Waals surface area contributed by atoms with Crippen LogP contribution in [0.25, 0.3) is 0 Å². The number of rotatable bonds is 2. The summed E-state index contributed by atoms with van der Waals surface area (Å²) in [5.74, 6) is -0.573. The summed E-state index contributed by atoms with van der Waals surface area (Å²) in [6.07, 6.45) is 1.82. The number of piperidine rings is 1. The molecule has 1 amide bonds. The van der Waals surface area contributed by atoms with Gasteiger partial charge in [-0.05, 0) is 44.5 Å². The van der Waals surface area contributed by atoms with E-state index < -0.39 is 5.82 Å². The lowest BCUT2D eigenvalue weighted by atomic mass is 10.0. The molecule has 0 radical (unpaired) electrons. The van der Waals surface area contributed by atoms with Crippen molar-refractivity contribution in [3.63, 3.8) is 0 Å². The molecule has 0 spiro atoms. The summed E-state index contributed by atoms with van der Waals surface area (Å²) in [5, 5.41) is 3.53. The van der Waals surface area contributed by atoms with Gasteiger partial charge in [0.2, 0.25) is 0 Å². The molecule has 0 aromatic heterocycles. The summed E-state index contributed by atoms with van der Waals surface area (Å²) in [6, 6.07) is 3.20. The topological polar surface area (TPSA) is 32.3 Å². The van der Waals surface area contributed by atoms with E-state index in [0.717, 1.165) is 12.8 Å². The molecule has 2 rings (SSSR count). The van der Waals surface area contributed by atoms with Gasteiger partial charge in [0, 0.05) is 19.1 Å². The van der Waals surface area contributed by atoms with Crippen LogP contribution in [0.4, 0.5) is 4.39 Å². The van der Waals surface area contributed by atoms with Crippen molar-refractivity contribution in [1.82, 2.24) is 10.2 Å². The molecular formula is C14H18ClFN2O. The van der Waals surface area contributed by atoms with Crippen molar-refractivity contribution in [3.8, 4) is 0 Å². The lowest BCUT2D eigenvalue weighted by Crippen LogP contribution is -2.44. The fraction of sp³-hybridized carbons (Fsp3) is 0.500. The molecule has 1 aromatic rings. The molecule has 0 atom stereocenters. The van der Waals surface area contributed by atoms with E-state index in [2.05, 4.69) is 5.32 Å². The van der Waals surface area contributed by atoms with Crippen LogP contribution in [0.3, 0.4) is 0 Å². The van der Waals surface area contributed by atoms with Crippen molar-refractivity contribution >= 4 is 17.5 Å². The summed E-state index contributed by atoms with van der Waals surface area (Å²) in [6.45, 7) is 2.99. The molecule has 104 valence electrons. The number of nitrogens with zero attached hydrogens (tertiary/aromatic N) is 1. The van der Waals surface area contributed by atoms with Gasteiger partial charge in [0.05, 0.1) is 10.6 Å². The molecule has 1 aliphatic heterocycles. The zero-order valence-corrected chi connectivity index (χ0v) is 11.9. The number of benzene rings is 1. The van der Waals surface area contributed by atoms with Crippen molar-refractivity contribution in [1.29, 1.82) is 0 Å². The van der Waals surface area contributed by atoms with E-state index >= 15 is 0 Å². The van der Waals surface area contributed by atoms with Crippen LogP contribution in [0.15, 0.2) is 12.1 Å². The molecule has 0 saturated carbocycles. The number of likely N-dealkylation sites (tertiary alicyclic amines) is 1. The molecule has 0 unspecified atom stereocenters. The van der Waals surface area contributed by atoms with Crippen LogP contribution >= 0.6 is 11.6 Å². The molecule has 1 saturated heterocycles. The Labute approximate surface area is 117 Å². The average molecular weight is 285 g/mol. The lowest BCUT2D eigenvalue weighted by Gasteiger charge is -2.32. The van der Waals surface area contributed by atoms with Crippen LogP contribution in [-0.2, 0) is 0 Å². The Morgan fingerprint density at radius 2 is 2.05 bits per heavy atom. The number of nitrogens with one attached hydrogen (secondary N) is 1. The van der Waals surface area contributed by atoms with E-state index in [1.165, 1.54) is 12.1 Å². The molecule has 1 aliphatic rings. The molecular weight excluding hydrogens is 267 g/mol.